The lowest BCUT2D eigenvalue weighted by atomic mass is 10.1. The molecule has 0 saturated heterocycles. The van der Waals surface area contributed by atoms with Crippen molar-refractivity contribution in [2.75, 3.05) is 27.2 Å². The summed E-state index contributed by atoms with van der Waals surface area (Å²) in [6.45, 7) is 5.73. The van der Waals surface area contributed by atoms with E-state index in [0.717, 1.165) is 23.5 Å². The molecule has 5 nitrogen and oxygen atoms in total. The van der Waals surface area contributed by atoms with Crippen molar-refractivity contribution in [3.05, 3.63) is 52.1 Å². The first-order valence-electron chi connectivity index (χ1n) is 7.58. The van der Waals surface area contributed by atoms with Crippen LogP contribution in [0.15, 0.2) is 24.5 Å². The summed E-state index contributed by atoms with van der Waals surface area (Å²) in [5, 5.41) is 0.611. The number of imidazole rings is 1. The van der Waals surface area contributed by atoms with E-state index in [1.807, 2.05) is 45.0 Å². The van der Waals surface area contributed by atoms with E-state index in [4.69, 9.17) is 11.6 Å². The minimum Gasteiger partial charge on any atom is -0.348 e. The maximum absolute atomic E-state index is 13.0. The number of carbonyl (C=O) groups is 1. The first-order chi connectivity index (χ1) is 10.9. The number of nitrogens with zero attached hydrogens (tertiary/aromatic N) is 3. The zero-order chi connectivity index (χ0) is 17.0. The number of hydrogen-bond acceptors (Lipinski definition) is 3. The number of carbonyl (C=O) groups excluding carboxylic acids is 1. The van der Waals surface area contributed by atoms with E-state index in [9.17, 15) is 4.79 Å². The van der Waals surface area contributed by atoms with Gasteiger partial charge in [0.1, 0.15) is 0 Å². The molecule has 0 aliphatic heterocycles. The third kappa shape index (κ3) is 4.33. The fourth-order valence-electron chi connectivity index (χ4n) is 2.31. The highest BCUT2D eigenvalue weighted by atomic mass is 35.5. The third-order valence-electron chi connectivity index (χ3n) is 3.88. The molecule has 0 bridgehead atoms. The van der Waals surface area contributed by atoms with Crippen LogP contribution >= 0.6 is 11.6 Å². The summed E-state index contributed by atoms with van der Waals surface area (Å²) in [5.74, 6) is -0.0192. The summed E-state index contributed by atoms with van der Waals surface area (Å²) >= 11 is 6.16. The Morgan fingerprint density at radius 2 is 2.00 bits per heavy atom. The van der Waals surface area contributed by atoms with E-state index in [2.05, 4.69) is 14.9 Å². The molecule has 0 atom stereocenters. The van der Waals surface area contributed by atoms with Gasteiger partial charge in [0.05, 0.1) is 18.6 Å². The van der Waals surface area contributed by atoms with Crippen LogP contribution in [0.4, 0.5) is 0 Å². The smallest absolute Gasteiger partial charge is 0.254 e. The van der Waals surface area contributed by atoms with E-state index < -0.39 is 0 Å². The molecule has 124 valence electrons. The number of benzene rings is 1. The minimum absolute atomic E-state index is 0.0192. The Bertz CT molecular complexity index is 681. The van der Waals surface area contributed by atoms with Gasteiger partial charge in [-0.2, -0.15) is 0 Å². The van der Waals surface area contributed by atoms with Crippen LogP contribution in [0.3, 0.4) is 0 Å². The van der Waals surface area contributed by atoms with Gasteiger partial charge in [0.15, 0.2) is 0 Å². The molecule has 0 spiro atoms. The van der Waals surface area contributed by atoms with Gasteiger partial charge >= 0.3 is 0 Å². The maximum Gasteiger partial charge on any atom is 0.254 e. The van der Waals surface area contributed by atoms with E-state index in [-0.39, 0.29) is 5.91 Å². The molecule has 1 amide bonds. The van der Waals surface area contributed by atoms with Crippen molar-refractivity contribution in [2.24, 2.45) is 0 Å². The molecule has 0 radical (unpaired) electrons. The van der Waals surface area contributed by atoms with Crippen LogP contribution in [-0.4, -0.2) is 52.9 Å². The largest absolute Gasteiger partial charge is 0.348 e. The lowest BCUT2D eigenvalue weighted by Gasteiger charge is -2.25. The standard InChI is InChI=1S/C17H23ClN4O/c1-12-14(6-5-7-15(12)18)17(23)22(9-8-21(3)4)10-16-13(2)19-11-20-16/h5-7,11H,8-10H2,1-4H3,(H,19,20). The molecule has 23 heavy (non-hydrogen) atoms. The van der Waals surface area contributed by atoms with E-state index in [1.165, 1.54) is 0 Å². The van der Waals surface area contributed by atoms with Crippen molar-refractivity contribution in [3.8, 4) is 0 Å². The Kier molecular flexibility index (Phi) is 5.80. The predicted octanol–water partition coefficient (Wildman–Crippen LogP) is 2.88. The number of hydrogen-bond donors (Lipinski definition) is 1. The minimum atomic E-state index is -0.0192. The fourth-order valence-corrected chi connectivity index (χ4v) is 2.48. The lowest BCUT2D eigenvalue weighted by molar-refractivity contribution is 0.0729. The molecule has 6 heteroatoms. The van der Waals surface area contributed by atoms with Gasteiger partial charge in [-0.1, -0.05) is 17.7 Å². The van der Waals surface area contributed by atoms with Crippen LogP contribution in [0, 0.1) is 13.8 Å². The topological polar surface area (TPSA) is 52.2 Å². The van der Waals surface area contributed by atoms with Crippen molar-refractivity contribution in [3.63, 3.8) is 0 Å². The molecule has 2 aromatic rings. The van der Waals surface area contributed by atoms with Crippen LogP contribution < -0.4 is 0 Å². The maximum atomic E-state index is 13.0. The number of halogens is 1. The van der Waals surface area contributed by atoms with Gasteiger partial charge < -0.3 is 14.8 Å². The van der Waals surface area contributed by atoms with Crippen LogP contribution in [0.25, 0.3) is 0 Å². The fraction of sp³-hybridized carbons (Fsp3) is 0.412. The van der Waals surface area contributed by atoms with Gasteiger partial charge in [-0.3, -0.25) is 4.79 Å². The number of aryl methyl sites for hydroxylation is 1. The number of amides is 1. The highest BCUT2D eigenvalue weighted by Gasteiger charge is 2.20. The molecule has 0 fully saturated rings. The third-order valence-corrected chi connectivity index (χ3v) is 4.29. The molecule has 1 heterocycles. The number of rotatable bonds is 6. The van der Waals surface area contributed by atoms with Gasteiger partial charge in [0, 0.05) is 29.4 Å². The van der Waals surface area contributed by atoms with Crippen LogP contribution in [0.2, 0.25) is 5.02 Å². The Balaban J connectivity index is 2.26. The molecule has 1 N–H and O–H groups in total. The number of nitrogens with one attached hydrogen (secondary N) is 1. The number of likely N-dealkylation sites (N-methyl/N-ethyl adjacent to an activating group) is 1. The number of H-pyrrole nitrogens is 1. The van der Waals surface area contributed by atoms with E-state index in [1.54, 1.807) is 12.4 Å². The Morgan fingerprint density at radius 1 is 1.26 bits per heavy atom. The molecule has 0 unspecified atom stereocenters. The highest BCUT2D eigenvalue weighted by molar-refractivity contribution is 6.31. The molecule has 0 aliphatic carbocycles. The van der Waals surface area contributed by atoms with Gasteiger partial charge in [-0.15, -0.1) is 0 Å². The Morgan fingerprint density at radius 3 is 2.61 bits per heavy atom. The van der Waals surface area contributed by atoms with Crippen molar-refractivity contribution in [2.45, 2.75) is 20.4 Å². The molecular weight excluding hydrogens is 312 g/mol. The van der Waals surface area contributed by atoms with Gasteiger partial charge in [0.25, 0.3) is 5.91 Å². The van der Waals surface area contributed by atoms with E-state index >= 15 is 0 Å². The Hall–Kier alpha value is -1.85. The van der Waals surface area contributed by atoms with Crippen LogP contribution in [0.5, 0.6) is 0 Å². The van der Waals surface area contributed by atoms with Crippen LogP contribution in [-0.2, 0) is 6.54 Å². The zero-order valence-corrected chi connectivity index (χ0v) is 14.8. The summed E-state index contributed by atoms with van der Waals surface area (Å²) in [7, 11) is 3.99. The quantitative estimate of drug-likeness (QED) is 0.883. The average molecular weight is 335 g/mol. The van der Waals surface area contributed by atoms with Gasteiger partial charge in [0.2, 0.25) is 0 Å². The molecule has 1 aromatic carbocycles. The van der Waals surface area contributed by atoms with Crippen LogP contribution in [0.1, 0.15) is 27.3 Å². The second-order valence-electron chi connectivity index (χ2n) is 5.92. The second kappa shape index (κ2) is 7.62. The number of aromatic amines is 1. The normalized spacial score (nSPS) is 11.0. The van der Waals surface area contributed by atoms with E-state index in [0.29, 0.717) is 23.7 Å². The zero-order valence-electron chi connectivity index (χ0n) is 14.1. The molecule has 1 aromatic heterocycles. The highest BCUT2D eigenvalue weighted by Crippen LogP contribution is 2.21. The van der Waals surface area contributed by atoms with Gasteiger partial charge in [-0.25, -0.2) is 4.98 Å². The summed E-state index contributed by atoms with van der Waals surface area (Å²) in [6.07, 6.45) is 1.66. The summed E-state index contributed by atoms with van der Waals surface area (Å²) in [4.78, 5) is 24.2. The Labute approximate surface area is 142 Å². The van der Waals surface area contributed by atoms with Crippen molar-refractivity contribution in [1.82, 2.24) is 19.8 Å². The molecule has 0 saturated carbocycles. The number of aromatic nitrogens is 2. The van der Waals surface area contributed by atoms with Crippen molar-refractivity contribution < 1.29 is 4.79 Å². The SMILES string of the molecule is Cc1[nH]cnc1CN(CCN(C)C)C(=O)c1cccc(Cl)c1C. The lowest BCUT2D eigenvalue weighted by Crippen LogP contribution is -2.36. The first kappa shape index (κ1) is 17.5. The summed E-state index contributed by atoms with van der Waals surface area (Å²) in [6, 6.07) is 5.44. The second-order valence-corrected chi connectivity index (χ2v) is 6.32. The molecule has 0 aliphatic rings. The average Bonchev–Trinajstić information content (AvgIpc) is 2.90. The first-order valence-corrected chi connectivity index (χ1v) is 7.96. The monoisotopic (exact) mass is 334 g/mol. The molecular formula is C17H23ClN4O. The predicted molar refractivity (Wildman–Crippen MR) is 92.8 cm³/mol. The van der Waals surface area contributed by atoms with Crippen molar-refractivity contribution in [1.29, 1.82) is 0 Å². The summed E-state index contributed by atoms with van der Waals surface area (Å²) < 4.78 is 0. The molecule has 2 rings (SSSR count). The van der Waals surface area contributed by atoms with Gasteiger partial charge in [-0.05, 0) is 45.6 Å². The van der Waals surface area contributed by atoms with Crippen molar-refractivity contribution >= 4 is 17.5 Å². The summed E-state index contributed by atoms with van der Waals surface area (Å²) in [5.41, 5.74) is 3.32.